The molecule has 2 atom stereocenters. The van der Waals surface area contributed by atoms with Crippen LogP contribution in [0.2, 0.25) is 5.15 Å². The number of nitrogens with one attached hydrogen (secondary N) is 1. The largest absolute Gasteiger partial charge is 0.351 e. The SMILES string of the molecule is N#Cc1cnc(N[C@@H]2CCC[C@H](n3cnc4cncc(C#N)c43)C2)nc1Cl. The highest BCUT2D eigenvalue weighted by molar-refractivity contribution is 6.30. The Morgan fingerprint density at radius 2 is 1.96 bits per heavy atom. The number of rotatable bonds is 3. The summed E-state index contributed by atoms with van der Waals surface area (Å²) in [5.74, 6) is 0.419. The number of halogens is 1. The zero-order valence-electron chi connectivity index (χ0n) is 14.3. The Hall–Kier alpha value is -3.23. The third-order valence-electron chi connectivity index (χ3n) is 4.83. The van der Waals surface area contributed by atoms with Crippen LogP contribution >= 0.6 is 11.6 Å². The number of anilines is 1. The first kappa shape index (κ1) is 17.2. The fourth-order valence-corrected chi connectivity index (χ4v) is 3.76. The van der Waals surface area contributed by atoms with Crippen LogP contribution in [0.15, 0.2) is 24.9 Å². The second kappa shape index (κ2) is 7.18. The van der Waals surface area contributed by atoms with Crippen LogP contribution in [0.4, 0.5) is 5.95 Å². The number of hydrogen-bond acceptors (Lipinski definition) is 7. The number of nitriles is 2. The highest BCUT2D eigenvalue weighted by atomic mass is 35.5. The molecule has 3 heterocycles. The number of imidazole rings is 1. The summed E-state index contributed by atoms with van der Waals surface area (Å²) in [7, 11) is 0. The van der Waals surface area contributed by atoms with Crippen LogP contribution in [-0.4, -0.2) is 30.5 Å². The van der Waals surface area contributed by atoms with E-state index >= 15 is 0 Å². The molecule has 1 fully saturated rings. The van der Waals surface area contributed by atoms with Gasteiger partial charge in [0, 0.05) is 18.3 Å². The Bertz CT molecular complexity index is 1080. The summed E-state index contributed by atoms with van der Waals surface area (Å²) in [6, 6.07) is 4.53. The Morgan fingerprint density at radius 3 is 2.74 bits per heavy atom. The van der Waals surface area contributed by atoms with Gasteiger partial charge in [-0.3, -0.25) is 4.98 Å². The van der Waals surface area contributed by atoms with Crippen molar-refractivity contribution in [2.45, 2.75) is 37.8 Å². The van der Waals surface area contributed by atoms with E-state index in [-0.39, 0.29) is 22.8 Å². The maximum atomic E-state index is 9.40. The van der Waals surface area contributed by atoms with Crippen molar-refractivity contribution in [2.24, 2.45) is 0 Å². The van der Waals surface area contributed by atoms with Gasteiger partial charge in [0.25, 0.3) is 0 Å². The molecule has 0 unspecified atom stereocenters. The van der Waals surface area contributed by atoms with Crippen molar-refractivity contribution in [1.29, 1.82) is 10.5 Å². The van der Waals surface area contributed by atoms with E-state index in [4.69, 9.17) is 16.9 Å². The quantitative estimate of drug-likeness (QED) is 0.695. The van der Waals surface area contributed by atoms with E-state index in [0.29, 0.717) is 11.5 Å². The van der Waals surface area contributed by atoms with Crippen molar-refractivity contribution >= 4 is 28.6 Å². The molecule has 1 N–H and O–H groups in total. The molecule has 1 aliphatic carbocycles. The van der Waals surface area contributed by atoms with Crippen LogP contribution in [-0.2, 0) is 0 Å². The van der Waals surface area contributed by atoms with Gasteiger partial charge in [0.2, 0.25) is 5.95 Å². The molecule has 1 aliphatic rings. The summed E-state index contributed by atoms with van der Waals surface area (Å²) in [6.45, 7) is 0. The molecule has 27 heavy (non-hydrogen) atoms. The Kier molecular flexibility index (Phi) is 4.57. The molecule has 134 valence electrons. The standard InChI is InChI=1S/C18H15ClN8/c19-17-12(6-21)8-23-18(26-17)25-13-2-1-3-14(4-13)27-10-24-15-9-22-7-11(5-20)16(15)27/h7-10,13-14H,1-4H2,(H,23,25,26)/t13-,14+/m1/s1. The molecule has 3 aromatic rings. The summed E-state index contributed by atoms with van der Waals surface area (Å²) < 4.78 is 2.08. The van der Waals surface area contributed by atoms with E-state index in [1.807, 2.05) is 6.07 Å². The smallest absolute Gasteiger partial charge is 0.224 e. The van der Waals surface area contributed by atoms with Crippen molar-refractivity contribution in [3.8, 4) is 12.1 Å². The van der Waals surface area contributed by atoms with Gasteiger partial charge in [0.1, 0.15) is 23.2 Å². The van der Waals surface area contributed by atoms with Gasteiger partial charge in [-0.05, 0) is 25.7 Å². The zero-order valence-corrected chi connectivity index (χ0v) is 15.1. The van der Waals surface area contributed by atoms with Gasteiger partial charge in [-0.25, -0.2) is 9.97 Å². The molecule has 0 spiro atoms. The lowest BCUT2D eigenvalue weighted by Crippen LogP contribution is -2.29. The van der Waals surface area contributed by atoms with Gasteiger partial charge in [-0.2, -0.15) is 15.5 Å². The maximum absolute atomic E-state index is 9.40. The highest BCUT2D eigenvalue weighted by Gasteiger charge is 2.26. The molecule has 0 aliphatic heterocycles. The molecule has 0 bridgehead atoms. The highest BCUT2D eigenvalue weighted by Crippen LogP contribution is 2.33. The number of hydrogen-bond donors (Lipinski definition) is 1. The zero-order chi connectivity index (χ0) is 18.8. The third kappa shape index (κ3) is 3.27. The van der Waals surface area contributed by atoms with E-state index in [0.717, 1.165) is 36.7 Å². The van der Waals surface area contributed by atoms with Crippen LogP contribution < -0.4 is 5.32 Å². The van der Waals surface area contributed by atoms with Crippen LogP contribution in [0.1, 0.15) is 42.9 Å². The first-order chi connectivity index (χ1) is 13.2. The number of aromatic nitrogens is 5. The predicted octanol–water partition coefficient (Wildman–Crippen LogP) is 3.21. The second-order valence-corrected chi connectivity index (χ2v) is 6.85. The molecule has 0 saturated heterocycles. The van der Waals surface area contributed by atoms with Crippen molar-refractivity contribution in [1.82, 2.24) is 24.5 Å². The van der Waals surface area contributed by atoms with E-state index < -0.39 is 0 Å². The summed E-state index contributed by atoms with van der Waals surface area (Å²) >= 11 is 5.99. The molecule has 4 rings (SSSR count). The second-order valence-electron chi connectivity index (χ2n) is 6.49. The fraction of sp³-hybridized carbons (Fsp3) is 0.333. The summed E-state index contributed by atoms with van der Waals surface area (Å²) in [4.78, 5) is 16.8. The molecule has 1 saturated carbocycles. The van der Waals surface area contributed by atoms with Crippen LogP contribution in [0, 0.1) is 22.7 Å². The van der Waals surface area contributed by atoms with Crippen LogP contribution in [0.5, 0.6) is 0 Å². The lowest BCUT2D eigenvalue weighted by molar-refractivity contribution is 0.336. The van der Waals surface area contributed by atoms with Crippen LogP contribution in [0.25, 0.3) is 11.0 Å². The van der Waals surface area contributed by atoms with Gasteiger partial charge in [0.15, 0.2) is 5.15 Å². The molecule has 0 aromatic carbocycles. The monoisotopic (exact) mass is 378 g/mol. The maximum Gasteiger partial charge on any atom is 0.224 e. The van der Waals surface area contributed by atoms with E-state index in [1.165, 1.54) is 6.20 Å². The minimum atomic E-state index is 0.147. The lowest BCUT2D eigenvalue weighted by Gasteiger charge is -2.31. The molecule has 0 radical (unpaired) electrons. The van der Waals surface area contributed by atoms with Gasteiger partial charge < -0.3 is 9.88 Å². The van der Waals surface area contributed by atoms with Gasteiger partial charge >= 0.3 is 0 Å². The van der Waals surface area contributed by atoms with Gasteiger partial charge in [-0.1, -0.05) is 11.6 Å². The Balaban J connectivity index is 1.56. The fourth-order valence-electron chi connectivity index (χ4n) is 3.59. The molecule has 9 heteroatoms. The van der Waals surface area contributed by atoms with Crippen LogP contribution in [0.3, 0.4) is 0 Å². The van der Waals surface area contributed by atoms with Crippen molar-refractivity contribution in [3.63, 3.8) is 0 Å². The minimum absolute atomic E-state index is 0.147. The molecule has 0 amide bonds. The van der Waals surface area contributed by atoms with Gasteiger partial charge in [-0.15, -0.1) is 0 Å². The average Bonchev–Trinajstić information content (AvgIpc) is 3.13. The third-order valence-corrected chi connectivity index (χ3v) is 5.12. The average molecular weight is 379 g/mol. The first-order valence-corrected chi connectivity index (χ1v) is 8.97. The normalized spacial score (nSPS) is 19.4. The molecular weight excluding hydrogens is 364 g/mol. The first-order valence-electron chi connectivity index (χ1n) is 8.59. The summed E-state index contributed by atoms with van der Waals surface area (Å²) in [5, 5.41) is 21.8. The van der Waals surface area contributed by atoms with Crippen molar-refractivity contribution in [2.75, 3.05) is 5.32 Å². The Labute approximate surface area is 160 Å². The van der Waals surface area contributed by atoms with Crippen molar-refractivity contribution in [3.05, 3.63) is 41.2 Å². The predicted molar refractivity (Wildman–Crippen MR) is 98.9 cm³/mol. The van der Waals surface area contributed by atoms with E-state index in [1.54, 1.807) is 18.7 Å². The topological polar surface area (TPSA) is 116 Å². The minimum Gasteiger partial charge on any atom is -0.351 e. The summed E-state index contributed by atoms with van der Waals surface area (Å²) in [6.07, 6.45) is 10.3. The lowest BCUT2D eigenvalue weighted by atomic mass is 9.90. The van der Waals surface area contributed by atoms with Gasteiger partial charge in [0.05, 0.1) is 29.8 Å². The number of nitrogens with zero attached hydrogens (tertiary/aromatic N) is 7. The Morgan fingerprint density at radius 1 is 1.11 bits per heavy atom. The van der Waals surface area contributed by atoms with Crippen molar-refractivity contribution < 1.29 is 0 Å². The molecular formula is C18H15ClN8. The number of pyridine rings is 1. The number of fused-ring (bicyclic) bond motifs is 1. The molecule has 3 aromatic heterocycles. The summed E-state index contributed by atoms with van der Waals surface area (Å²) in [5.41, 5.74) is 2.34. The van der Waals surface area contributed by atoms with E-state index in [2.05, 4.69) is 35.9 Å². The van der Waals surface area contributed by atoms with E-state index in [9.17, 15) is 5.26 Å². The molecule has 8 nitrogen and oxygen atoms in total.